The van der Waals surface area contributed by atoms with Crippen molar-refractivity contribution in [3.63, 3.8) is 0 Å². The Kier molecular flexibility index (Phi) is 3.07. The van der Waals surface area contributed by atoms with Gasteiger partial charge < -0.3 is 5.73 Å². The molecule has 2 nitrogen and oxygen atoms in total. The van der Waals surface area contributed by atoms with E-state index in [1.165, 1.54) is 4.88 Å². The van der Waals surface area contributed by atoms with Crippen molar-refractivity contribution in [1.29, 1.82) is 0 Å². The zero-order valence-electron chi connectivity index (χ0n) is 8.33. The molecule has 0 aliphatic carbocycles. The molecule has 2 N–H and O–H groups in total. The maximum absolute atomic E-state index is 5.72. The second kappa shape index (κ2) is 4.33. The molecule has 1 aromatic carbocycles. The molecular weight excluding hydrogens is 272 g/mol. The number of benzene rings is 1. The van der Waals surface area contributed by atoms with E-state index in [9.17, 15) is 0 Å². The zero-order chi connectivity index (χ0) is 10.8. The standard InChI is InChI=1S/C11H11BrN2S/c1-2-9-10(14-11(13)15-9)7-3-5-8(12)6-4-7/h3-6H,2H2,1H3,(H2,13,14). The summed E-state index contributed by atoms with van der Waals surface area (Å²) in [5.74, 6) is 0. The second-order valence-electron chi connectivity index (χ2n) is 3.18. The monoisotopic (exact) mass is 282 g/mol. The predicted molar refractivity (Wildman–Crippen MR) is 69.0 cm³/mol. The fourth-order valence-corrected chi connectivity index (χ4v) is 2.50. The van der Waals surface area contributed by atoms with E-state index in [-0.39, 0.29) is 0 Å². The number of rotatable bonds is 2. The molecule has 78 valence electrons. The van der Waals surface area contributed by atoms with Gasteiger partial charge in [-0.15, -0.1) is 11.3 Å². The highest BCUT2D eigenvalue weighted by molar-refractivity contribution is 9.10. The van der Waals surface area contributed by atoms with Crippen LogP contribution in [-0.2, 0) is 6.42 Å². The van der Waals surface area contributed by atoms with Crippen LogP contribution < -0.4 is 5.73 Å². The van der Waals surface area contributed by atoms with E-state index in [0.29, 0.717) is 5.13 Å². The first-order valence-electron chi connectivity index (χ1n) is 4.72. The maximum Gasteiger partial charge on any atom is 0.180 e. The van der Waals surface area contributed by atoms with Gasteiger partial charge in [0.2, 0.25) is 0 Å². The van der Waals surface area contributed by atoms with Crippen molar-refractivity contribution < 1.29 is 0 Å². The number of nitrogens with zero attached hydrogens (tertiary/aromatic N) is 1. The molecule has 2 rings (SSSR count). The normalized spacial score (nSPS) is 10.5. The van der Waals surface area contributed by atoms with Gasteiger partial charge in [0.1, 0.15) is 0 Å². The van der Waals surface area contributed by atoms with Crippen LogP contribution in [0.25, 0.3) is 11.3 Å². The van der Waals surface area contributed by atoms with Crippen LogP contribution in [-0.4, -0.2) is 4.98 Å². The van der Waals surface area contributed by atoms with E-state index in [2.05, 4.69) is 40.0 Å². The van der Waals surface area contributed by atoms with Gasteiger partial charge in [-0.3, -0.25) is 0 Å². The van der Waals surface area contributed by atoms with E-state index in [1.807, 2.05) is 12.1 Å². The summed E-state index contributed by atoms with van der Waals surface area (Å²) < 4.78 is 1.08. The average molecular weight is 283 g/mol. The summed E-state index contributed by atoms with van der Waals surface area (Å²) in [6.45, 7) is 2.12. The molecule has 0 radical (unpaired) electrons. The molecule has 0 amide bonds. The molecule has 4 heteroatoms. The van der Waals surface area contributed by atoms with Gasteiger partial charge in [0.15, 0.2) is 5.13 Å². The molecule has 0 fully saturated rings. The quantitative estimate of drug-likeness (QED) is 0.912. The Morgan fingerprint density at radius 3 is 2.60 bits per heavy atom. The molecule has 0 saturated heterocycles. The summed E-state index contributed by atoms with van der Waals surface area (Å²) in [4.78, 5) is 5.61. The van der Waals surface area contributed by atoms with Gasteiger partial charge >= 0.3 is 0 Å². The lowest BCUT2D eigenvalue weighted by atomic mass is 10.1. The number of nitrogens with two attached hydrogens (primary N) is 1. The lowest BCUT2D eigenvalue weighted by molar-refractivity contribution is 1.17. The fourth-order valence-electron chi connectivity index (χ4n) is 1.44. The number of aromatic nitrogens is 1. The van der Waals surface area contributed by atoms with Gasteiger partial charge in [0, 0.05) is 14.9 Å². The number of nitrogen functional groups attached to an aromatic ring is 1. The highest BCUT2D eigenvalue weighted by Crippen LogP contribution is 2.30. The number of aryl methyl sites for hydroxylation is 1. The SMILES string of the molecule is CCc1sc(N)nc1-c1ccc(Br)cc1. The minimum Gasteiger partial charge on any atom is -0.375 e. The molecule has 1 aromatic heterocycles. The van der Waals surface area contributed by atoms with Crippen molar-refractivity contribution in [3.8, 4) is 11.3 Å². The first-order valence-corrected chi connectivity index (χ1v) is 6.32. The van der Waals surface area contributed by atoms with Crippen molar-refractivity contribution in [3.05, 3.63) is 33.6 Å². The minimum atomic E-state index is 0.643. The third kappa shape index (κ3) is 2.21. The lowest BCUT2D eigenvalue weighted by Crippen LogP contribution is -1.85. The number of anilines is 1. The van der Waals surface area contributed by atoms with Gasteiger partial charge in [-0.25, -0.2) is 4.98 Å². The van der Waals surface area contributed by atoms with Crippen LogP contribution in [0.1, 0.15) is 11.8 Å². The lowest BCUT2D eigenvalue weighted by Gasteiger charge is -1.99. The van der Waals surface area contributed by atoms with Crippen LogP contribution in [0, 0.1) is 0 Å². The maximum atomic E-state index is 5.72. The van der Waals surface area contributed by atoms with Gasteiger partial charge in [0.05, 0.1) is 5.69 Å². The Balaban J connectivity index is 2.48. The highest BCUT2D eigenvalue weighted by atomic mass is 79.9. The van der Waals surface area contributed by atoms with Crippen LogP contribution in [0.2, 0.25) is 0 Å². The largest absolute Gasteiger partial charge is 0.375 e. The van der Waals surface area contributed by atoms with E-state index in [0.717, 1.165) is 22.2 Å². The number of halogens is 1. The number of hydrogen-bond acceptors (Lipinski definition) is 3. The number of hydrogen-bond donors (Lipinski definition) is 1. The summed E-state index contributed by atoms with van der Waals surface area (Å²) in [5, 5.41) is 0.643. The van der Waals surface area contributed by atoms with Crippen LogP contribution in [0.3, 0.4) is 0 Å². The minimum absolute atomic E-state index is 0.643. The van der Waals surface area contributed by atoms with E-state index in [1.54, 1.807) is 11.3 Å². The molecule has 1 heterocycles. The second-order valence-corrected chi connectivity index (χ2v) is 5.22. The van der Waals surface area contributed by atoms with Gasteiger partial charge in [0.25, 0.3) is 0 Å². The van der Waals surface area contributed by atoms with Crippen LogP contribution >= 0.6 is 27.3 Å². The molecule has 0 atom stereocenters. The molecule has 0 saturated carbocycles. The van der Waals surface area contributed by atoms with E-state index in [4.69, 9.17) is 5.73 Å². The summed E-state index contributed by atoms with van der Waals surface area (Å²) in [5.41, 5.74) is 7.87. The molecule has 0 aliphatic rings. The summed E-state index contributed by atoms with van der Waals surface area (Å²) in [6.07, 6.45) is 0.972. The Labute approximate surface area is 101 Å². The fraction of sp³-hybridized carbons (Fsp3) is 0.182. The van der Waals surface area contributed by atoms with Gasteiger partial charge in [-0.1, -0.05) is 35.0 Å². The molecular formula is C11H11BrN2S. The Bertz CT molecular complexity index is 462. The third-order valence-electron chi connectivity index (χ3n) is 2.15. The summed E-state index contributed by atoms with van der Waals surface area (Å²) in [6, 6.07) is 8.14. The van der Waals surface area contributed by atoms with Crippen LogP contribution in [0.4, 0.5) is 5.13 Å². The summed E-state index contributed by atoms with van der Waals surface area (Å²) in [7, 11) is 0. The topological polar surface area (TPSA) is 38.9 Å². The molecule has 0 unspecified atom stereocenters. The molecule has 2 aromatic rings. The third-order valence-corrected chi connectivity index (χ3v) is 3.71. The Morgan fingerprint density at radius 2 is 2.00 bits per heavy atom. The Morgan fingerprint density at radius 1 is 1.33 bits per heavy atom. The molecule has 0 aliphatic heterocycles. The summed E-state index contributed by atoms with van der Waals surface area (Å²) >= 11 is 4.98. The van der Waals surface area contributed by atoms with Crippen molar-refractivity contribution in [2.75, 3.05) is 5.73 Å². The smallest absolute Gasteiger partial charge is 0.180 e. The van der Waals surface area contributed by atoms with Crippen LogP contribution in [0.5, 0.6) is 0 Å². The molecule has 15 heavy (non-hydrogen) atoms. The van der Waals surface area contributed by atoms with Crippen molar-refractivity contribution in [1.82, 2.24) is 4.98 Å². The first-order chi connectivity index (χ1) is 7.20. The zero-order valence-corrected chi connectivity index (χ0v) is 10.7. The van der Waals surface area contributed by atoms with E-state index >= 15 is 0 Å². The van der Waals surface area contributed by atoms with Crippen molar-refractivity contribution in [2.45, 2.75) is 13.3 Å². The Hall–Kier alpha value is -0.870. The average Bonchev–Trinajstić information content (AvgIpc) is 2.61. The van der Waals surface area contributed by atoms with Gasteiger partial charge in [-0.2, -0.15) is 0 Å². The first kappa shape index (κ1) is 10.6. The number of thiazole rings is 1. The molecule has 0 bridgehead atoms. The van der Waals surface area contributed by atoms with Gasteiger partial charge in [-0.05, 0) is 18.6 Å². The van der Waals surface area contributed by atoms with E-state index < -0.39 is 0 Å². The molecule has 0 spiro atoms. The predicted octanol–water partition coefficient (Wildman–Crippen LogP) is 3.72. The highest BCUT2D eigenvalue weighted by Gasteiger charge is 2.09. The van der Waals surface area contributed by atoms with Crippen LogP contribution in [0.15, 0.2) is 28.7 Å². The van der Waals surface area contributed by atoms with Crippen molar-refractivity contribution in [2.24, 2.45) is 0 Å². The van der Waals surface area contributed by atoms with Crippen molar-refractivity contribution >= 4 is 32.4 Å².